The van der Waals surface area contributed by atoms with Crippen LogP contribution in [-0.2, 0) is 17.1 Å². The molecule has 0 saturated carbocycles. The molecule has 2 rings (SSSR count). The number of halogens is 1. The van der Waals surface area contributed by atoms with E-state index < -0.39 is 15.9 Å². The van der Waals surface area contributed by atoms with E-state index in [0.29, 0.717) is 0 Å². The van der Waals surface area contributed by atoms with Crippen LogP contribution in [0.4, 0.5) is 0 Å². The van der Waals surface area contributed by atoms with Crippen LogP contribution in [-0.4, -0.2) is 18.9 Å². The minimum atomic E-state index is -4.06. The molecule has 6 nitrogen and oxygen atoms in total. The van der Waals surface area contributed by atoms with Crippen LogP contribution in [0.15, 0.2) is 41.4 Å². The Morgan fingerprint density at radius 2 is 2.10 bits per heavy atom. The zero-order valence-corrected chi connectivity index (χ0v) is 12.4. The number of nitriles is 1. The van der Waals surface area contributed by atoms with Crippen LogP contribution in [0.25, 0.3) is 0 Å². The summed E-state index contributed by atoms with van der Waals surface area (Å²) in [5, 5.41) is 8.76. The summed E-state index contributed by atoms with van der Waals surface area (Å²) in [5.41, 5.74) is 0.364. The molecular weight excluding hydrogens is 314 g/mol. The van der Waals surface area contributed by atoms with Crippen molar-refractivity contribution >= 4 is 27.5 Å². The molecular formula is C13H10ClN3O3S. The number of aryl methyl sites for hydroxylation is 1. The number of hydrogen-bond donors (Lipinski definition) is 1. The Morgan fingerprint density at radius 3 is 2.62 bits per heavy atom. The maximum Gasteiger partial charge on any atom is 0.281 e. The SMILES string of the molecule is Cn1cccc1C(=O)NS(=O)(=O)c1ccc(C#N)c(Cl)c1. The first kappa shape index (κ1) is 15.1. The molecule has 0 fully saturated rings. The van der Waals surface area contributed by atoms with Gasteiger partial charge in [0.05, 0.1) is 15.5 Å². The average molecular weight is 324 g/mol. The highest BCUT2D eigenvalue weighted by atomic mass is 35.5. The third kappa shape index (κ3) is 3.07. The van der Waals surface area contributed by atoms with Gasteiger partial charge in [-0.25, -0.2) is 13.1 Å². The van der Waals surface area contributed by atoms with Gasteiger partial charge in [0.1, 0.15) is 11.8 Å². The fourth-order valence-electron chi connectivity index (χ4n) is 1.68. The number of nitrogens with zero attached hydrogens (tertiary/aromatic N) is 2. The lowest BCUT2D eigenvalue weighted by atomic mass is 10.2. The molecule has 108 valence electrons. The Kier molecular flexibility index (Phi) is 4.02. The number of amides is 1. The fourth-order valence-corrected chi connectivity index (χ4v) is 2.96. The Bertz CT molecular complexity index is 850. The zero-order chi connectivity index (χ0) is 15.6. The Hall–Kier alpha value is -2.30. The van der Waals surface area contributed by atoms with Crippen LogP contribution >= 0.6 is 11.6 Å². The molecule has 0 unspecified atom stereocenters. The largest absolute Gasteiger partial charge is 0.347 e. The van der Waals surface area contributed by atoms with Crippen molar-refractivity contribution in [3.05, 3.63) is 52.8 Å². The highest BCUT2D eigenvalue weighted by Gasteiger charge is 2.21. The van der Waals surface area contributed by atoms with E-state index in [1.807, 2.05) is 10.8 Å². The molecule has 0 aliphatic heterocycles. The maximum absolute atomic E-state index is 12.1. The Morgan fingerprint density at radius 1 is 1.38 bits per heavy atom. The summed E-state index contributed by atoms with van der Waals surface area (Å²) in [5.74, 6) is -0.747. The van der Waals surface area contributed by atoms with E-state index >= 15 is 0 Å². The molecule has 0 saturated heterocycles. The smallest absolute Gasteiger partial charge is 0.281 e. The molecule has 1 heterocycles. The van der Waals surface area contributed by atoms with Gasteiger partial charge < -0.3 is 4.57 Å². The average Bonchev–Trinajstić information content (AvgIpc) is 2.84. The summed E-state index contributed by atoms with van der Waals surface area (Å²) in [7, 11) is -2.43. The van der Waals surface area contributed by atoms with Gasteiger partial charge >= 0.3 is 0 Å². The van der Waals surface area contributed by atoms with E-state index in [1.54, 1.807) is 19.3 Å². The molecule has 0 aliphatic rings. The van der Waals surface area contributed by atoms with Gasteiger partial charge in [0, 0.05) is 13.2 Å². The summed E-state index contributed by atoms with van der Waals surface area (Å²) >= 11 is 5.79. The molecule has 0 atom stereocenters. The molecule has 1 amide bonds. The van der Waals surface area contributed by atoms with Crippen molar-refractivity contribution < 1.29 is 13.2 Å². The summed E-state index contributed by atoms with van der Waals surface area (Å²) in [6.07, 6.45) is 1.63. The van der Waals surface area contributed by atoms with Gasteiger partial charge in [0.2, 0.25) is 0 Å². The van der Waals surface area contributed by atoms with Crippen molar-refractivity contribution in [3.63, 3.8) is 0 Å². The van der Waals surface area contributed by atoms with Crippen molar-refractivity contribution in [3.8, 4) is 6.07 Å². The van der Waals surface area contributed by atoms with Crippen LogP contribution < -0.4 is 4.72 Å². The normalized spacial score (nSPS) is 10.9. The number of aromatic nitrogens is 1. The molecule has 21 heavy (non-hydrogen) atoms. The molecule has 8 heteroatoms. The molecule has 1 N–H and O–H groups in total. The van der Waals surface area contributed by atoms with Crippen LogP contribution in [0, 0.1) is 11.3 Å². The third-order valence-electron chi connectivity index (χ3n) is 2.77. The van der Waals surface area contributed by atoms with Gasteiger partial charge in [-0.15, -0.1) is 0 Å². The van der Waals surface area contributed by atoms with Crippen molar-refractivity contribution in [2.45, 2.75) is 4.90 Å². The van der Waals surface area contributed by atoms with E-state index in [4.69, 9.17) is 16.9 Å². The second kappa shape index (κ2) is 5.60. The number of carbonyl (C=O) groups is 1. The second-order valence-electron chi connectivity index (χ2n) is 4.19. The summed E-state index contributed by atoms with van der Waals surface area (Å²) in [4.78, 5) is 11.7. The fraction of sp³-hybridized carbons (Fsp3) is 0.0769. The minimum absolute atomic E-state index is 0.00620. The third-order valence-corrected chi connectivity index (χ3v) is 4.42. The second-order valence-corrected chi connectivity index (χ2v) is 6.28. The van der Waals surface area contributed by atoms with Gasteiger partial charge in [0.15, 0.2) is 0 Å². The predicted octanol–water partition coefficient (Wildman–Crippen LogP) is 1.67. The molecule has 2 aromatic rings. The van der Waals surface area contributed by atoms with Crippen molar-refractivity contribution in [2.24, 2.45) is 7.05 Å². The van der Waals surface area contributed by atoms with Gasteiger partial charge in [-0.05, 0) is 30.3 Å². The van der Waals surface area contributed by atoms with E-state index in [0.717, 1.165) is 6.07 Å². The lowest BCUT2D eigenvalue weighted by Crippen LogP contribution is -2.31. The monoisotopic (exact) mass is 323 g/mol. The van der Waals surface area contributed by atoms with Crippen molar-refractivity contribution in [1.82, 2.24) is 9.29 Å². The topological polar surface area (TPSA) is 92.0 Å². The number of benzene rings is 1. The quantitative estimate of drug-likeness (QED) is 0.930. The first-order chi connectivity index (χ1) is 9.85. The minimum Gasteiger partial charge on any atom is -0.347 e. The number of carbonyl (C=O) groups excluding carboxylic acids is 1. The molecule has 0 spiro atoms. The highest BCUT2D eigenvalue weighted by Crippen LogP contribution is 2.20. The summed E-state index contributed by atoms with van der Waals surface area (Å²) in [6.45, 7) is 0. The molecule has 1 aromatic carbocycles. The lowest BCUT2D eigenvalue weighted by molar-refractivity contribution is 0.0973. The van der Waals surface area contributed by atoms with Crippen LogP contribution in [0.3, 0.4) is 0 Å². The van der Waals surface area contributed by atoms with Crippen LogP contribution in [0.5, 0.6) is 0 Å². The predicted molar refractivity (Wildman–Crippen MR) is 76.2 cm³/mol. The van der Waals surface area contributed by atoms with E-state index in [1.165, 1.54) is 22.8 Å². The van der Waals surface area contributed by atoms with Gasteiger partial charge in [-0.1, -0.05) is 11.6 Å². The first-order valence-corrected chi connectivity index (χ1v) is 7.59. The highest BCUT2D eigenvalue weighted by molar-refractivity contribution is 7.90. The van der Waals surface area contributed by atoms with Crippen molar-refractivity contribution in [1.29, 1.82) is 5.26 Å². The number of nitrogens with one attached hydrogen (secondary N) is 1. The zero-order valence-electron chi connectivity index (χ0n) is 10.9. The summed E-state index contributed by atoms with van der Waals surface area (Å²) in [6, 6.07) is 8.57. The van der Waals surface area contributed by atoms with Crippen LogP contribution in [0.1, 0.15) is 16.1 Å². The van der Waals surface area contributed by atoms with E-state index in [2.05, 4.69) is 0 Å². The molecule has 0 aliphatic carbocycles. The van der Waals surface area contributed by atoms with Gasteiger partial charge in [0.25, 0.3) is 15.9 Å². The summed E-state index contributed by atoms with van der Waals surface area (Å²) < 4.78 is 27.7. The Balaban J connectivity index is 2.31. The standard InChI is InChI=1S/C13H10ClN3O3S/c1-17-6-2-3-12(17)13(18)16-21(19,20)10-5-4-9(8-15)11(14)7-10/h2-7H,1H3,(H,16,18). The first-order valence-electron chi connectivity index (χ1n) is 5.73. The van der Waals surface area contributed by atoms with Crippen molar-refractivity contribution in [2.75, 3.05) is 0 Å². The van der Waals surface area contributed by atoms with Gasteiger partial charge in [-0.3, -0.25) is 4.79 Å². The van der Waals surface area contributed by atoms with E-state index in [9.17, 15) is 13.2 Å². The van der Waals surface area contributed by atoms with E-state index in [-0.39, 0.29) is 21.2 Å². The lowest BCUT2D eigenvalue weighted by Gasteiger charge is -2.08. The number of sulfonamides is 1. The Labute approximate surface area is 126 Å². The molecule has 0 bridgehead atoms. The molecule has 1 aromatic heterocycles. The van der Waals surface area contributed by atoms with Gasteiger partial charge in [-0.2, -0.15) is 5.26 Å². The van der Waals surface area contributed by atoms with Crippen LogP contribution in [0.2, 0.25) is 5.02 Å². The number of hydrogen-bond acceptors (Lipinski definition) is 4. The maximum atomic E-state index is 12.1. The number of rotatable bonds is 3. The molecule has 0 radical (unpaired) electrons.